The minimum Gasteiger partial charge on any atom is -0.313 e. The zero-order chi connectivity index (χ0) is 6.97. The number of rotatable bonds is 2. The van der Waals surface area contributed by atoms with E-state index in [9.17, 15) is 0 Å². The molecule has 1 heteroatoms. The molecule has 2 rings (SSSR count). The monoisotopic (exact) mass is 139 g/mol. The molecule has 1 saturated carbocycles. The maximum Gasteiger partial charge on any atom is 0.0108 e. The Morgan fingerprint density at radius 3 is 2.50 bits per heavy atom. The lowest BCUT2D eigenvalue weighted by atomic mass is 9.69. The van der Waals surface area contributed by atoms with Crippen LogP contribution < -0.4 is 5.32 Å². The molecule has 1 nitrogen and oxygen atoms in total. The molecule has 0 aromatic carbocycles. The summed E-state index contributed by atoms with van der Waals surface area (Å²) in [5, 5.41) is 3.49. The molecule has 0 bridgehead atoms. The maximum atomic E-state index is 3.49. The molecule has 0 aromatic rings. The van der Waals surface area contributed by atoms with Crippen LogP contribution in [-0.2, 0) is 0 Å². The van der Waals surface area contributed by atoms with E-state index in [0.29, 0.717) is 0 Å². The quantitative estimate of drug-likeness (QED) is 0.615. The minimum absolute atomic E-state index is 0.880. The van der Waals surface area contributed by atoms with E-state index in [2.05, 4.69) is 12.2 Å². The Morgan fingerprint density at radius 2 is 2.20 bits per heavy atom. The highest BCUT2D eigenvalue weighted by atomic mass is 15.0. The van der Waals surface area contributed by atoms with Crippen molar-refractivity contribution in [3.63, 3.8) is 0 Å². The molecule has 2 unspecified atom stereocenters. The first kappa shape index (κ1) is 6.66. The van der Waals surface area contributed by atoms with Crippen molar-refractivity contribution in [2.75, 3.05) is 6.54 Å². The second-order valence-corrected chi connectivity index (χ2v) is 3.78. The second-order valence-electron chi connectivity index (χ2n) is 3.78. The van der Waals surface area contributed by atoms with Gasteiger partial charge in [-0.15, -0.1) is 0 Å². The summed E-state index contributed by atoms with van der Waals surface area (Å²) in [5.41, 5.74) is 0. The van der Waals surface area contributed by atoms with Crippen LogP contribution in [0, 0.1) is 11.8 Å². The summed E-state index contributed by atoms with van der Waals surface area (Å²) in [6.45, 7) is 3.60. The van der Waals surface area contributed by atoms with Gasteiger partial charge in [0.2, 0.25) is 0 Å². The zero-order valence-corrected chi connectivity index (χ0v) is 6.77. The van der Waals surface area contributed by atoms with Crippen molar-refractivity contribution in [1.29, 1.82) is 0 Å². The fraction of sp³-hybridized carbons (Fsp3) is 1.00. The van der Waals surface area contributed by atoms with Gasteiger partial charge in [-0.3, -0.25) is 0 Å². The van der Waals surface area contributed by atoms with Gasteiger partial charge < -0.3 is 5.32 Å². The molecule has 2 atom stereocenters. The smallest absolute Gasteiger partial charge is 0.0108 e. The van der Waals surface area contributed by atoms with E-state index < -0.39 is 0 Å². The molecule has 0 radical (unpaired) electrons. The highest BCUT2D eigenvalue weighted by Crippen LogP contribution is 2.38. The van der Waals surface area contributed by atoms with Gasteiger partial charge in [0.25, 0.3) is 0 Å². The molecule has 0 amide bonds. The summed E-state index contributed by atoms with van der Waals surface area (Å²) >= 11 is 0. The first-order valence-corrected chi connectivity index (χ1v) is 4.65. The van der Waals surface area contributed by atoms with E-state index in [1.54, 1.807) is 0 Å². The van der Waals surface area contributed by atoms with Crippen LogP contribution in [0.15, 0.2) is 0 Å². The van der Waals surface area contributed by atoms with Crippen molar-refractivity contribution < 1.29 is 0 Å². The maximum absolute atomic E-state index is 3.49. The summed E-state index contributed by atoms with van der Waals surface area (Å²) in [5.74, 6) is 2.16. The normalized spacial score (nSPS) is 40.5. The van der Waals surface area contributed by atoms with Crippen molar-refractivity contribution in [2.24, 2.45) is 11.8 Å². The molecule has 1 N–H and O–H groups in total. The summed E-state index contributed by atoms with van der Waals surface area (Å²) in [6.07, 6.45) is 5.87. The van der Waals surface area contributed by atoms with Gasteiger partial charge in [-0.2, -0.15) is 0 Å². The molecule has 1 saturated heterocycles. The van der Waals surface area contributed by atoms with E-state index in [0.717, 1.165) is 17.9 Å². The first-order chi connectivity index (χ1) is 4.92. The van der Waals surface area contributed by atoms with E-state index >= 15 is 0 Å². The lowest BCUT2D eigenvalue weighted by Crippen LogP contribution is -2.56. The molecule has 58 valence electrons. The van der Waals surface area contributed by atoms with Crippen LogP contribution in [0.5, 0.6) is 0 Å². The molecular weight excluding hydrogens is 122 g/mol. The van der Waals surface area contributed by atoms with Crippen molar-refractivity contribution in [2.45, 2.75) is 38.6 Å². The molecule has 1 aliphatic carbocycles. The van der Waals surface area contributed by atoms with Crippen LogP contribution in [0.25, 0.3) is 0 Å². The summed E-state index contributed by atoms with van der Waals surface area (Å²) in [4.78, 5) is 0. The van der Waals surface area contributed by atoms with Gasteiger partial charge in [-0.05, 0) is 24.8 Å². The summed E-state index contributed by atoms with van der Waals surface area (Å²) < 4.78 is 0. The lowest BCUT2D eigenvalue weighted by Gasteiger charge is -2.46. The summed E-state index contributed by atoms with van der Waals surface area (Å²) in [7, 11) is 0. The van der Waals surface area contributed by atoms with Gasteiger partial charge in [0.1, 0.15) is 0 Å². The molecule has 1 heterocycles. The molecule has 2 aliphatic rings. The topological polar surface area (TPSA) is 12.0 Å². The fourth-order valence-corrected chi connectivity index (χ4v) is 2.23. The Kier molecular flexibility index (Phi) is 1.69. The Hall–Kier alpha value is -0.0400. The zero-order valence-electron chi connectivity index (χ0n) is 6.77. The van der Waals surface area contributed by atoms with Crippen LogP contribution >= 0.6 is 0 Å². The van der Waals surface area contributed by atoms with Gasteiger partial charge in [-0.1, -0.05) is 26.2 Å². The van der Waals surface area contributed by atoms with E-state index in [4.69, 9.17) is 0 Å². The molecule has 10 heavy (non-hydrogen) atoms. The van der Waals surface area contributed by atoms with Crippen LogP contribution in [0.3, 0.4) is 0 Å². The molecule has 1 aliphatic heterocycles. The molecule has 2 fully saturated rings. The predicted octanol–water partition coefficient (Wildman–Crippen LogP) is 1.78. The molecule has 0 aromatic heterocycles. The number of hydrogen-bond donors (Lipinski definition) is 1. The summed E-state index contributed by atoms with van der Waals surface area (Å²) in [6, 6.07) is 0.880. The predicted molar refractivity (Wildman–Crippen MR) is 42.9 cm³/mol. The number of hydrogen-bond acceptors (Lipinski definition) is 1. The Labute approximate surface area is 63.2 Å². The Morgan fingerprint density at radius 1 is 1.40 bits per heavy atom. The third kappa shape index (κ3) is 0.878. The minimum atomic E-state index is 0.880. The van der Waals surface area contributed by atoms with Crippen molar-refractivity contribution in [1.82, 2.24) is 5.32 Å². The SMILES string of the molecule is CCC1NCC1C1CCC1. The fourth-order valence-electron chi connectivity index (χ4n) is 2.23. The average molecular weight is 139 g/mol. The highest BCUT2D eigenvalue weighted by molar-refractivity contribution is 4.93. The van der Waals surface area contributed by atoms with Crippen molar-refractivity contribution in [3.05, 3.63) is 0 Å². The highest BCUT2D eigenvalue weighted by Gasteiger charge is 2.37. The van der Waals surface area contributed by atoms with Gasteiger partial charge in [0.05, 0.1) is 0 Å². The van der Waals surface area contributed by atoms with Crippen molar-refractivity contribution in [3.8, 4) is 0 Å². The van der Waals surface area contributed by atoms with Gasteiger partial charge >= 0.3 is 0 Å². The van der Waals surface area contributed by atoms with Crippen LogP contribution in [-0.4, -0.2) is 12.6 Å². The van der Waals surface area contributed by atoms with Gasteiger partial charge in [-0.25, -0.2) is 0 Å². The Bertz CT molecular complexity index is 108. The van der Waals surface area contributed by atoms with Crippen LogP contribution in [0.2, 0.25) is 0 Å². The molecule has 0 spiro atoms. The Balaban J connectivity index is 1.81. The first-order valence-electron chi connectivity index (χ1n) is 4.65. The standard InChI is InChI=1S/C9H17N/c1-2-9-8(6-10-9)7-4-3-5-7/h7-10H,2-6H2,1H3. The number of nitrogens with one attached hydrogen (secondary N) is 1. The van der Waals surface area contributed by atoms with Gasteiger partial charge in [0.15, 0.2) is 0 Å². The average Bonchev–Trinajstić information content (AvgIpc) is 1.77. The van der Waals surface area contributed by atoms with Crippen LogP contribution in [0.4, 0.5) is 0 Å². The second kappa shape index (κ2) is 2.54. The largest absolute Gasteiger partial charge is 0.313 e. The van der Waals surface area contributed by atoms with Crippen molar-refractivity contribution >= 4 is 0 Å². The molecular formula is C9H17N. The third-order valence-electron chi connectivity index (χ3n) is 3.33. The van der Waals surface area contributed by atoms with Gasteiger partial charge in [0, 0.05) is 6.04 Å². The van der Waals surface area contributed by atoms with E-state index in [-0.39, 0.29) is 0 Å². The lowest BCUT2D eigenvalue weighted by molar-refractivity contribution is 0.0919. The third-order valence-corrected chi connectivity index (χ3v) is 3.33. The van der Waals surface area contributed by atoms with E-state index in [1.165, 1.54) is 32.2 Å². The van der Waals surface area contributed by atoms with Crippen LogP contribution in [0.1, 0.15) is 32.6 Å². The van der Waals surface area contributed by atoms with E-state index in [1.807, 2.05) is 0 Å².